The number of hydrogen-bond acceptors (Lipinski definition) is 3. The minimum atomic E-state index is 0.204. The summed E-state index contributed by atoms with van der Waals surface area (Å²) in [5.74, 6) is 0. The summed E-state index contributed by atoms with van der Waals surface area (Å²) in [7, 11) is 0. The Labute approximate surface area is 126 Å². The van der Waals surface area contributed by atoms with Crippen molar-refractivity contribution in [3.05, 3.63) is 28.8 Å². The highest BCUT2D eigenvalue weighted by molar-refractivity contribution is 6.33. The van der Waals surface area contributed by atoms with Crippen LogP contribution in [0.4, 0.5) is 5.69 Å². The van der Waals surface area contributed by atoms with E-state index in [0.717, 1.165) is 43.2 Å². The van der Waals surface area contributed by atoms with E-state index in [4.69, 9.17) is 11.6 Å². The van der Waals surface area contributed by atoms with Gasteiger partial charge in [0, 0.05) is 13.1 Å². The summed E-state index contributed by atoms with van der Waals surface area (Å²) in [5, 5.41) is 13.7. The van der Waals surface area contributed by atoms with Crippen molar-refractivity contribution < 1.29 is 5.11 Å². The fourth-order valence-electron chi connectivity index (χ4n) is 2.81. The van der Waals surface area contributed by atoms with Crippen LogP contribution in [-0.2, 0) is 6.54 Å². The molecule has 1 fully saturated rings. The maximum atomic E-state index is 9.52. The molecular weight excluding hydrogens is 272 g/mol. The molecule has 0 spiro atoms. The lowest BCUT2D eigenvalue weighted by Crippen LogP contribution is -2.42. The summed E-state index contributed by atoms with van der Waals surface area (Å²) in [5.41, 5.74) is 2.27. The maximum absolute atomic E-state index is 9.52. The highest BCUT2D eigenvalue weighted by Crippen LogP contribution is 2.31. The van der Waals surface area contributed by atoms with Crippen molar-refractivity contribution in [1.82, 2.24) is 5.32 Å². The summed E-state index contributed by atoms with van der Waals surface area (Å²) in [6.45, 7) is 5.23. The predicted molar refractivity (Wildman–Crippen MR) is 85.5 cm³/mol. The van der Waals surface area contributed by atoms with Gasteiger partial charge < -0.3 is 15.3 Å². The third kappa shape index (κ3) is 3.87. The molecule has 20 heavy (non-hydrogen) atoms. The maximum Gasteiger partial charge on any atom is 0.0642 e. The Morgan fingerprint density at radius 3 is 2.95 bits per heavy atom. The second-order valence-electron chi connectivity index (χ2n) is 5.49. The number of piperidine rings is 1. The lowest BCUT2D eigenvalue weighted by atomic mass is 10.0. The highest BCUT2D eigenvalue weighted by Gasteiger charge is 2.23. The van der Waals surface area contributed by atoms with Gasteiger partial charge in [-0.05, 0) is 49.9 Å². The molecule has 2 rings (SSSR count). The first kappa shape index (κ1) is 15.6. The van der Waals surface area contributed by atoms with Gasteiger partial charge in [0.2, 0.25) is 0 Å². The van der Waals surface area contributed by atoms with E-state index in [1.165, 1.54) is 18.4 Å². The Bertz CT molecular complexity index is 425. The van der Waals surface area contributed by atoms with Gasteiger partial charge in [-0.2, -0.15) is 0 Å². The third-order valence-corrected chi connectivity index (χ3v) is 4.22. The molecule has 1 aromatic rings. The van der Waals surface area contributed by atoms with Crippen molar-refractivity contribution in [3.8, 4) is 0 Å². The van der Waals surface area contributed by atoms with E-state index in [0.29, 0.717) is 0 Å². The first-order chi connectivity index (χ1) is 9.76. The normalized spacial score (nSPS) is 19.4. The van der Waals surface area contributed by atoms with Crippen molar-refractivity contribution in [2.45, 2.75) is 45.2 Å². The van der Waals surface area contributed by atoms with Gasteiger partial charge in [-0.3, -0.25) is 0 Å². The van der Waals surface area contributed by atoms with E-state index >= 15 is 0 Å². The van der Waals surface area contributed by atoms with Gasteiger partial charge in [-0.1, -0.05) is 24.6 Å². The van der Waals surface area contributed by atoms with Crippen molar-refractivity contribution in [2.75, 3.05) is 24.6 Å². The third-order valence-electron chi connectivity index (χ3n) is 3.92. The van der Waals surface area contributed by atoms with Crippen LogP contribution in [0.15, 0.2) is 18.2 Å². The molecule has 1 unspecified atom stereocenters. The fraction of sp³-hybridized carbons (Fsp3) is 0.625. The summed E-state index contributed by atoms with van der Waals surface area (Å²) in [4.78, 5) is 2.26. The van der Waals surface area contributed by atoms with Crippen molar-refractivity contribution in [3.63, 3.8) is 0 Å². The van der Waals surface area contributed by atoms with Gasteiger partial charge in [-0.25, -0.2) is 0 Å². The van der Waals surface area contributed by atoms with Crippen LogP contribution in [-0.4, -0.2) is 30.8 Å². The van der Waals surface area contributed by atoms with E-state index in [1.54, 1.807) is 0 Å². The zero-order valence-corrected chi connectivity index (χ0v) is 13.0. The van der Waals surface area contributed by atoms with Crippen LogP contribution < -0.4 is 10.2 Å². The van der Waals surface area contributed by atoms with Crippen molar-refractivity contribution in [1.29, 1.82) is 0 Å². The van der Waals surface area contributed by atoms with Gasteiger partial charge in [-0.15, -0.1) is 0 Å². The Balaban J connectivity index is 2.08. The number of hydrogen-bond donors (Lipinski definition) is 2. The predicted octanol–water partition coefficient (Wildman–Crippen LogP) is 3.19. The average molecular weight is 297 g/mol. The molecule has 0 bridgehead atoms. The molecule has 0 radical (unpaired) electrons. The number of aliphatic hydroxyl groups excluding tert-OH is 1. The zero-order chi connectivity index (χ0) is 14.4. The number of nitrogens with zero attached hydrogens (tertiary/aromatic N) is 1. The Morgan fingerprint density at radius 1 is 1.40 bits per heavy atom. The molecule has 1 atom stereocenters. The standard InChI is InChI=1S/C16H25ClN2O/c1-2-8-18-11-13-6-7-16(15(17)10-13)19-9-4-3-5-14(19)12-20/h6-7,10,14,18,20H,2-5,8-9,11-12H2,1H3. The number of nitrogens with one attached hydrogen (secondary N) is 1. The molecule has 4 heteroatoms. The molecule has 1 aromatic carbocycles. The summed E-state index contributed by atoms with van der Waals surface area (Å²) in [6.07, 6.45) is 4.55. The molecular formula is C16H25ClN2O. The Morgan fingerprint density at radius 2 is 2.25 bits per heavy atom. The van der Waals surface area contributed by atoms with E-state index in [1.807, 2.05) is 6.07 Å². The van der Waals surface area contributed by atoms with E-state index < -0.39 is 0 Å². The number of benzene rings is 1. The van der Waals surface area contributed by atoms with Crippen LogP contribution in [0.5, 0.6) is 0 Å². The second kappa shape index (κ2) is 7.87. The molecule has 1 aliphatic rings. The van der Waals surface area contributed by atoms with Crippen LogP contribution >= 0.6 is 11.6 Å². The molecule has 0 amide bonds. The molecule has 1 heterocycles. The van der Waals surface area contributed by atoms with Gasteiger partial charge in [0.25, 0.3) is 0 Å². The largest absolute Gasteiger partial charge is 0.394 e. The number of anilines is 1. The summed E-state index contributed by atoms with van der Waals surface area (Å²) >= 11 is 6.45. The second-order valence-corrected chi connectivity index (χ2v) is 5.90. The monoisotopic (exact) mass is 296 g/mol. The van der Waals surface area contributed by atoms with Gasteiger partial charge in [0.1, 0.15) is 0 Å². The molecule has 3 nitrogen and oxygen atoms in total. The van der Waals surface area contributed by atoms with Crippen molar-refractivity contribution in [2.24, 2.45) is 0 Å². The van der Waals surface area contributed by atoms with Gasteiger partial charge >= 0.3 is 0 Å². The zero-order valence-electron chi connectivity index (χ0n) is 12.2. The Kier molecular flexibility index (Phi) is 6.14. The molecule has 112 valence electrons. The average Bonchev–Trinajstić information content (AvgIpc) is 2.48. The van der Waals surface area contributed by atoms with Gasteiger partial charge in [0.05, 0.1) is 23.4 Å². The van der Waals surface area contributed by atoms with E-state index in [2.05, 4.69) is 29.3 Å². The smallest absolute Gasteiger partial charge is 0.0642 e. The summed E-state index contributed by atoms with van der Waals surface area (Å²) in [6, 6.07) is 6.49. The molecule has 2 N–H and O–H groups in total. The highest BCUT2D eigenvalue weighted by atomic mass is 35.5. The lowest BCUT2D eigenvalue weighted by Gasteiger charge is -2.37. The van der Waals surface area contributed by atoms with Crippen LogP contribution in [0.25, 0.3) is 0 Å². The molecule has 0 aliphatic carbocycles. The quantitative estimate of drug-likeness (QED) is 0.792. The minimum Gasteiger partial charge on any atom is -0.394 e. The van der Waals surface area contributed by atoms with Crippen LogP contribution in [0, 0.1) is 0 Å². The van der Waals surface area contributed by atoms with Crippen LogP contribution in [0.3, 0.4) is 0 Å². The summed E-state index contributed by atoms with van der Waals surface area (Å²) < 4.78 is 0. The minimum absolute atomic E-state index is 0.204. The number of aliphatic hydroxyl groups is 1. The topological polar surface area (TPSA) is 35.5 Å². The Hall–Kier alpha value is -0.770. The first-order valence-corrected chi connectivity index (χ1v) is 8.00. The van der Waals surface area contributed by atoms with Crippen LogP contribution in [0.1, 0.15) is 38.2 Å². The van der Waals surface area contributed by atoms with Crippen LogP contribution in [0.2, 0.25) is 5.02 Å². The van der Waals surface area contributed by atoms with E-state index in [-0.39, 0.29) is 12.6 Å². The lowest BCUT2D eigenvalue weighted by molar-refractivity contribution is 0.240. The first-order valence-electron chi connectivity index (χ1n) is 7.63. The molecule has 1 saturated heterocycles. The van der Waals surface area contributed by atoms with E-state index in [9.17, 15) is 5.11 Å². The fourth-order valence-corrected chi connectivity index (χ4v) is 3.12. The molecule has 0 aromatic heterocycles. The number of rotatable bonds is 6. The molecule has 1 aliphatic heterocycles. The van der Waals surface area contributed by atoms with Crippen molar-refractivity contribution >= 4 is 17.3 Å². The van der Waals surface area contributed by atoms with Gasteiger partial charge in [0.15, 0.2) is 0 Å². The number of halogens is 1. The molecule has 0 saturated carbocycles. The SMILES string of the molecule is CCCNCc1ccc(N2CCCCC2CO)c(Cl)c1.